The second-order valence-electron chi connectivity index (χ2n) is 6.19. The third-order valence-electron chi connectivity index (χ3n) is 4.82. The predicted molar refractivity (Wildman–Crippen MR) is 91.5 cm³/mol. The molecule has 3 aromatic rings. The third kappa shape index (κ3) is 1.48. The first-order valence-electron chi connectivity index (χ1n) is 7.80. The molecule has 1 aliphatic heterocycles. The van der Waals surface area contributed by atoms with E-state index in [4.69, 9.17) is 4.74 Å². The molecular weight excluding hydrogens is 268 g/mol. The molecule has 0 bridgehead atoms. The van der Waals surface area contributed by atoms with E-state index in [1.807, 2.05) is 0 Å². The van der Waals surface area contributed by atoms with Crippen LogP contribution in [-0.2, 0) is 6.42 Å². The Kier molecular flexibility index (Phi) is 2.32. The van der Waals surface area contributed by atoms with Crippen LogP contribution in [0, 0.1) is 6.92 Å². The first-order chi connectivity index (χ1) is 10.8. The molecule has 1 heterocycles. The van der Waals surface area contributed by atoms with Crippen molar-refractivity contribution < 1.29 is 4.74 Å². The van der Waals surface area contributed by atoms with Gasteiger partial charge in [0.1, 0.15) is 12.4 Å². The predicted octanol–water partition coefficient (Wildman–Crippen LogP) is 5.13. The monoisotopic (exact) mass is 284 g/mol. The lowest BCUT2D eigenvalue weighted by Crippen LogP contribution is -2.04. The number of hydrogen-bond acceptors (Lipinski definition) is 1. The van der Waals surface area contributed by atoms with E-state index < -0.39 is 0 Å². The van der Waals surface area contributed by atoms with Crippen molar-refractivity contribution in [3.8, 4) is 16.9 Å². The molecule has 22 heavy (non-hydrogen) atoms. The molecule has 3 aromatic carbocycles. The van der Waals surface area contributed by atoms with Crippen LogP contribution in [0.15, 0.2) is 48.5 Å². The zero-order valence-electron chi connectivity index (χ0n) is 12.5. The Balaban J connectivity index is 1.96. The van der Waals surface area contributed by atoms with Crippen LogP contribution in [0.5, 0.6) is 5.75 Å². The van der Waals surface area contributed by atoms with Crippen molar-refractivity contribution in [2.75, 3.05) is 6.61 Å². The van der Waals surface area contributed by atoms with Crippen LogP contribution in [0.1, 0.15) is 22.3 Å². The van der Waals surface area contributed by atoms with Gasteiger partial charge >= 0.3 is 0 Å². The summed E-state index contributed by atoms with van der Waals surface area (Å²) in [6.07, 6.45) is 5.36. The minimum absolute atomic E-state index is 0.668. The van der Waals surface area contributed by atoms with Crippen molar-refractivity contribution in [3.63, 3.8) is 0 Å². The summed E-state index contributed by atoms with van der Waals surface area (Å²) in [5.74, 6) is 1.06. The smallest absolute Gasteiger partial charge is 0.135 e. The minimum Gasteiger partial charge on any atom is -0.488 e. The van der Waals surface area contributed by atoms with E-state index in [9.17, 15) is 0 Å². The normalized spacial score (nSPS) is 14.4. The topological polar surface area (TPSA) is 9.23 Å². The van der Waals surface area contributed by atoms with Crippen molar-refractivity contribution in [2.24, 2.45) is 0 Å². The number of rotatable bonds is 0. The Labute approximate surface area is 129 Å². The number of benzene rings is 3. The summed E-state index contributed by atoms with van der Waals surface area (Å²) in [6.45, 7) is 2.84. The largest absolute Gasteiger partial charge is 0.488 e. The lowest BCUT2D eigenvalue weighted by atomic mass is 9.92. The Morgan fingerprint density at radius 3 is 2.77 bits per heavy atom. The molecule has 1 nitrogen and oxygen atoms in total. The fourth-order valence-electron chi connectivity index (χ4n) is 3.90. The van der Waals surface area contributed by atoms with Crippen LogP contribution in [-0.4, -0.2) is 6.61 Å². The van der Waals surface area contributed by atoms with E-state index in [-0.39, 0.29) is 0 Å². The zero-order valence-corrected chi connectivity index (χ0v) is 12.5. The van der Waals surface area contributed by atoms with Crippen LogP contribution in [0.4, 0.5) is 0 Å². The van der Waals surface area contributed by atoms with Crippen molar-refractivity contribution in [1.82, 2.24) is 0 Å². The molecule has 0 spiro atoms. The first-order valence-corrected chi connectivity index (χ1v) is 7.80. The van der Waals surface area contributed by atoms with Gasteiger partial charge < -0.3 is 4.74 Å². The molecule has 0 saturated carbocycles. The van der Waals surface area contributed by atoms with E-state index in [0.717, 1.165) is 12.2 Å². The molecule has 0 unspecified atom stereocenters. The lowest BCUT2D eigenvalue weighted by molar-refractivity contribution is 0.362. The van der Waals surface area contributed by atoms with E-state index in [1.165, 1.54) is 44.2 Å². The average molecular weight is 284 g/mol. The quantitative estimate of drug-likeness (QED) is 0.435. The average Bonchev–Trinajstić information content (AvgIpc) is 2.94. The van der Waals surface area contributed by atoms with Gasteiger partial charge in [-0.3, -0.25) is 0 Å². The van der Waals surface area contributed by atoms with Gasteiger partial charge in [0.05, 0.1) is 0 Å². The first kappa shape index (κ1) is 12.0. The summed E-state index contributed by atoms with van der Waals surface area (Å²) in [5.41, 5.74) is 8.25. The minimum atomic E-state index is 0.668. The summed E-state index contributed by atoms with van der Waals surface area (Å²) in [4.78, 5) is 0. The molecule has 5 rings (SSSR count). The van der Waals surface area contributed by atoms with Gasteiger partial charge in [-0.15, -0.1) is 0 Å². The molecular formula is C21H16O. The molecule has 1 heteroatoms. The van der Waals surface area contributed by atoms with Crippen molar-refractivity contribution in [2.45, 2.75) is 13.3 Å². The van der Waals surface area contributed by atoms with Crippen molar-refractivity contribution in [1.29, 1.82) is 0 Å². The van der Waals surface area contributed by atoms with Gasteiger partial charge in [-0.2, -0.15) is 0 Å². The van der Waals surface area contributed by atoms with Crippen molar-refractivity contribution >= 4 is 16.8 Å². The molecule has 0 amide bonds. The van der Waals surface area contributed by atoms with Crippen LogP contribution in [0.25, 0.3) is 28.0 Å². The van der Waals surface area contributed by atoms with E-state index in [2.05, 4.69) is 61.5 Å². The molecule has 0 fully saturated rings. The highest BCUT2D eigenvalue weighted by atomic mass is 16.5. The van der Waals surface area contributed by atoms with Gasteiger partial charge in [0.25, 0.3) is 0 Å². The highest BCUT2D eigenvalue weighted by Crippen LogP contribution is 2.48. The van der Waals surface area contributed by atoms with Crippen LogP contribution >= 0.6 is 0 Å². The SMILES string of the molecule is Cc1ccc2c(c1)Cc1c3c(c4ccccc4c1-2)OCC=C3. The summed E-state index contributed by atoms with van der Waals surface area (Å²) < 4.78 is 6.00. The van der Waals surface area contributed by atoms with Gasteiger partial charge in [-0.25, -0.2) is 0 Å². The standard InChI is InChI=1S/C21H16O/c1-13-8-9-15-14(11-13)12-19-18-7-4-10-22-21(18)17-6-3-2-5-16(17)20(15)19/h2-9,11H,10,12H2,1H3. The number of hydrogen-bond donors (Lipinski definition) is 0. The summed E-state index contributed by atoms with van der Waals surface area (Å²) in [6, 6.07) is 15.5. The highest BCUT2D eigenvalue weighted by Gasteiger charge is 2.27. The molecule has 0 aromatic heterocycles. The molecule has 0 N–H and O–H groups in total. The Morgan fingerprint density at radius 2 is 1.86 bits per heavy atom. The van der Waals surface area contributed by atoms with Gasteiger partial charge in [0.15, 0.2) is 0 Å². The maximum absolute atomic E-state index is 6.00. The van der Waals surface area contributed by atoms with Gasteiger partial charge in [-0.05, 0) is 47.1 Å². The maximum atomic E-state index is 6.00. The van der Waals surface area contributed by atoms with E-state index >= 15 is 0 Å². The number of fused-ring (bicyclic) bond motifs is 8. The lowest BCUT2D eigenvalue weighted by Gasteiger charge is -2.19. The Hall–Kier alpha value is -2.54. The molecule has 1 aliphatic carbocycles. The maximum Gasteiger partial charge on any atom is 0.135 e. The van der Waals surface area contributed by atoms with Gasteiger partial charge in [0.2, 0.25) is 0 Å². The Morgan fingerprint density at radius 1 is 1.00 bits per heavy atom. The third-order valence-corrected chi connectivity index (χ3v) is 4.82. The van der Waals surface area contributed by atoms with Gasteiger partial charge in [-0.1, -0.05) is 54.1 Å². The second kappa shape index (κ2) is 4.23. The van der Waals surface area contributed by atoms with E-state index in [1.54, 1.807) is 0 Å². The van der Waals surface area contributed by atoms with Crippen LogP contribution in [0.3, 0.4) is 0 Å². The molecule has 2 aliphatic rings. The Bertz CT molecular complexity index is 963. The number of aryl methyl sites for hydroxylation is 1. The fourth-order valence-corrected chi connectivity index (χ4v) is 3.90. The molecule has 0 radical (unpaired) electrons. The van der Waals surface area contributed by atoms with Crippen LogP contribution < -0.4 is 4.74 Å². The van der Waals surface area contributed by atoms with Gasteiger partial charge in [0, 0.05) is 10.9 Å². The highest BCUT2D eigenvalue weighted by molar-refractivity contribution is 6.07. The zero-order chi connectivity index (χ0) is 14.7. The summed E-state index contributed by atoms with van der Waals surface area (Å²) >= 11 is 0. The fraction of sp³-hybridized carbons (Fsp3) is 0.143. The van der Waals surface area contributed by atoms with Crippen LogP contribution in [0.2, 0.25) is 0 Å². The molecule has 106 valence electrons. The van der Waals surface area contributed by atoms with Crippen molar-refractivity contribution in [3.05, 3.63) is 70.8 Å². The molecule has 0 atom stereocenters. The summed E-state index contributed by atoms with van der Waals surface area (Å²) in [7, 11) is 0. The second-order valence-corrected chi connectivity index (χ2v) is 6.19. The number of ether oxygens (including phenoxy) is 1. The summed E-state index contributed by atoms with van der Waals surface area (Å²) in [5, 5.41) is 2.54. The van der Waals surface area contributed by atoms with E-state index in [0.29, 0.717) is 6.61 Å². The molecule has 0 saturated heterocycles.